The lowest BCUT2D eigenvalue weighted by molar-refractivity contribution is 0.0563. The number of fused-ring (bicyclic) bond motifs is 2. The van der Waals surface area contributed by atoms with Crippen molar-refractivity contribution in [1.82, 2.24) is 14.8 Å². The van der Waals surface area contributed by atoms with Gasteiger partial charge >= 0.3 is 0 Å². The Morgan fingerprint density at radius 1 is 1.23 bits per heavy atom. The number of hydrogen-bond acceptors (Lipinski definition) is 6. The van der Waals surface area contributed by atoms with Gasteiger partial charge in [-0.1, -0.05) is 17.7 Å². The Morgan fingerprint density at radius 2 is 2.00 bits per heavy atom. The molecule has 3 atom stereocenters. The second-order valence-electron chi connectivity index (χ2n) is 8.49. The quantitative estimate of drug-likeness (QED) is 0.569. The fourth-order valence-electron chi connectivity index (χ4n) is 4.96. The number of halogens is 1. The molecule has 2 aliphatic rings. The summed E-state index contributed by atoms with van der Waals surface area (Å²) in [7, 11) is 1.68. The van der Waals surface area contributed by atoms with E-state index < -0.39 is 0 Å². The van der Waals surface area contributed by atoms with Crippen LogP contribution in [0.3, 0.4) is 0 Å². The van der Waals surface area contributed by atoms with Gasteiger partial charge in [0.15, 0.2) is 4.47 Å². The number of carbonyl (C=O) groups excluding carboxylic acids is 1. The minimum absolute atomic E-state index is 0.0186. The molecule has 4 rings (SSSR count). The third-order valence-corrected chi connectivity index (χ3v) is 7.86. The highest BCUT2D eigenvalue weighted by Crippen LogP contribution is 2.40. The number of hydrogen-bond donors (Lipinski definition) is 0. The SMILES string of the molecule is COCCOc1ccc([C@H](C)N2C[C@@H]3C[C@H]2CN3C(=O)c2nc(Cl)sc2C)c(C)c1C. The fourth-order valence-corrected chi connectivity index (χ4v) is 6.01. The Balaban J connectivity index is 1.45. The van der Waals surface area contributed by atoms with E-state index in [0.717, 1.165) is 30.1 Å². The standard InChI is InChI=1S/C23H30ClN3O3S/c1-13-14(2)20(30-9-8-29-5)7-6-19(13)15(3)26-11-18-10-17(26)12-27(18)22(28)21-16(4)31-23(24)25-21/h6-7,15,17-18H,8-12H2,1-5H3/t15-,17-,18-/m0/s1. The minimum Gasteiger partial charge on any atom is -0.491 e. The van der Waals surface area contributed by atoms with E-state index in [-0.39, 0.29) is 18.0 Å². The van der Waals surface area contributed by atoms with E-state index in [1.165, 1.54) is 28.0 Å². The first-order valence-corrected chi connectivity index (χ1v) is 11.9. The first-order chi connectivity index (χ1) is 14.8. The molecule has 1 aromatic heterocycles. The molecular weight excluding hydrogens is 434 g/mol. The number of rotatable bonds is 7. The van der Waals surface area contributed by atoms with Crippen LogP contribution in [0.2, 0.25) is 4.47 Å². The molecule has 3 heterocycles. The van der Waals surface area contributed by atoms with Crippen molar-refractivity contribution in [3.05, 3.63) is 43.9 Å². The van der Waals surface area contributed by atoms with E-state index in [0.29, 0.717) is 29.4 Å². The number of piperazine rings is 1. The zero-order chi connectivity index (χ0) is 22.3. The molecule has 2 bridgehead atoms. The number of likely N-dealkylation sites (tertiary alicyclic amines) is 2. The van der Waals surface area contributed by atoms with E-state index in [9.17, 15) is 4.79 Å². The molecular formula is C23H30ClN3O3S. The topological polar surface area (TPSA) is 54.9 Å². The average Bonchev–Trinajstić information content (AvgIpc) is 3.44. The molecule has 2 fully saturated rings. The second-order valence-corrected chi connectivity index (χ2v) is 10.3. The van der Waals surface area contributed by atoms with Crippen LogP contribution in [0.25, 0.3) is 0 Å². The number of nitrogens with zero attached hydrogens (tertiary/aromatic N) is 3. The number of aromatic nitrogens is 1. The summed E-state index contributed by atoms with van der Waals surface area (Å²) in [6.07, 6.45) is 1.02. The van der Waals surface area contributed by atoms with Gasteiger partial charge in [-0.25, -0.2) is 4.98 Å². The van der Waals surface area contributed by atoms with Crippen LogP contribution in [0, 0.1) is 20.8 Å². The van der Waals surface area contributed by atoms with Gasteiger partial charge in [0.2, 0.25) is 0 Å². The highest BCUT2D eigenvalue weighted by molar-refractivity contribution is 7.15. The van der Waals surface area contributed by atoms with Gasteiger partial charge in [0.05, 0.1) is 6.61 Å². The normalized spacial score (nSPS) is 21.7. The van der Waals surface area contributed by atoms with Gasteiger partial charge in [-0.05, 0) is 56.9 Å². The monoisotopic (exact) mass is 463 g/mol. The van der Waals surface area contributed by atoms with Crippen LogP contribution in [0.4, 0.5) is 0 Å². The van der Waals surface area contributed by atoms with Gasteiger partial charge in [0.25, 0.3) is 5.91 Å². The molecule has 8 heteroatoms. The van der Waals surface area contributed by atoms with Crippen molar-refractivity contribution in [3.8, 4) is 5.75 Å². The van der Waals surface area contributed by atoms with Crippen LogP contribution in [0.1, 0.15) is 51.4 Å². The Hall–Kier alpha value is -1.67. The van der Waals surface area contributed by atoms with E-state index in [1.54, 1.807) is 7.11 Å². The molecule has 0 aliphatic carbocycles. The molecule has 1 aromatic carbocycles. The lowest BCUT2D eigenvalue weighted by atomic mass is 9.96. The molecule has 1 amide bonds. The zero-order valence-corrected chi connectivity index (χ0v) is 20.3. The highest BCUT2D eigenvalue weighted by Gasteiger charge is 2.47. The maximum Gasteiger partial charge on any atom is 0.274 e. The van der Waals surface area contributed by atoms with Gasteiger partial charge in [-0.3, -0.25) is 9.69 Å². The van der Waals surface area contributed by atoms with Crippen LogP contribution < -0.4 is 4.74 Å². The minimum atomic E-state index is 0.0186. The lowest BCUT2D eigenvalue weighted by Gasteiger charge is -2.38. The van der Waals surface area contributed by atoms with Gasteiger partial charge in [0, 0.05) is 43.2 Å². The molecule has 0 radical (unpaired) electrons. The maximum absolute atomic E-state index is 13.0. The number of ether oxygens (including phenoxy) is 2. The number of amides is 1. The average molecular weight is 464 g/mol. The van der Waals surface area contributed by atoms with E-state index in [2.05, 4.69) is 42.8 Å². The van der Waals surface area contributed by atoms with Crippen LogP contribution in [0.15, 0.2) is 12.1 Å². The van der Waals surface area contributed by atoms with E-state index in [1.807, 2.05) is 11.8 Å². The lowest BCUT2D eigenvalue weighted by Crippen LogP contribution is -2.49. The summed E-state index contributed by atoms with van der Waals surface area (Å²) in [6, 6.07) is 5.15. The Kier molecular flexibility index (Phi) is 6.58. The predicted octanol–water partition coefficient (Wildman–Crippen LogP) is 4.41. The Bertz CT molecular complexity index is 979. The number of aryl methyl sites for hydroxylation is 1. The van der Waals surface area contributed by atoms with Gasteiger partial charge < -0.3 is 14.4 Å². The third kappa shape index (κ3) is 4.21. The fraction of sp³-hybridized carbons (Fsp3) is 0.565. The summed E-state index contributed by atoms with van der Waals surface area (Å²) < 4.78 is 11.4. The molecule has 0 N–H and O–H groups in total. The van der Waals surface area contributed by atoms with Crippen molar-refractivity contribution < 1.29 is 14.3 Å². The van der Waals surface area contributed by atoms with Gasteiger partial charge in [0.1, 0.15) is 18.1 Å². The molecule has 6 nitrogen and oxygen atoms in total. The molecule has 2 saturated heterocycles. The number of thiazole rings is 1. The van der Waals surface area contributed by atoms with E-state index >= 15 is 0 Å². The predicted molar refractivity (Wildman–Crippen MR) is 123 cm³/mol. The summed E-state index contributed by atoms with van der Waals surface area (Å²) in [6.45, 7) is 11.2. The van der Waals surface area contributed by atoms with Crippen LogP contribution >= 0.6 is 22.9 Å². The summed E-state index contributed by atoms with van der Waals surface area (Å²) in [5.41, 5.74) is 4.28. The highest BCUT2D eigenvalue weighted by atomic mass is 35.5. The van der Waals surface area contributed by atoms with Crippen molar-refractivity contribution in [2.45, 2.75) is 52.2 Å². The molecule has 0 spiro atoms. The van der Waals surface area contributed by atoms with Gasteiger partial charge in [-0.15, -0.1) is 11.3 Å². The zero-order valence-electron chi connectivity index (χ0n) is 18.8. The summed E-state index contributed by atoms with van der Waals surface area (Å²) in [4.78, 5) is 22.7. The summed E-state index contributed by atoms with van der Waals surface area (Å²) in [5.74, 6) is 0.938. The van der Waals surface area contributed by atoms with Crippen LogP contribution in [-0.2, 0) is 4.74 Å². The van der Waals surface area contributed by atoms with Crippen molar-refractivity contribution in [3.63, 3.8) is 0 Å². The smallest absolute Gasteiger partial charge is 0.274 e. The van der Waals surface area contributed by atoms with Crippen molar-refractivity contribution in [2.24, 2.45) is 0 Å². The Labute approximate surface area is 193 Å². The maximum atomic E-state index is 13.0. The van der Waals surface area contributed by atoms with Crippen LogP contribution in [-0.4, -0.2) is 66.2 Å². The molecule has 31 heavy (non-hydrogen) atoms. The first kappa shape index (κ1) is 22.5. The molecule has 0 unspecified atom stereocenters. The van der Waals surface area contributed by atoms with Gasteiger partial charge in [-0.2, -0.15) is 0 Å². The van der Waals surface area contributed by atoms with Crippen molar-refractivity contribution in [1.29, 1.82) is 0 Å². The Morgan fingerprint density at radius 3 is 2.61 bits per heavy atom. The largest absolute Gasteiger partial charge is 0.491 e. The molecule has 168 valence electrons. The third-order valence-electron chi connectivity index (χ3n) is 6.79. The summed E-state index contributed by atoms with van der Waals surface area (Å²) >= 11 is 7.38. The molecule has 2 aliphatic heterocycles. The number of carbonyl (C=O) groups is 1. The van der Waals surface area contributed by atoms with Crippen molar-refractivity contribution in [2.75, 3.05) is 33.4 Å². The molecule has 0 saturated carbocycles. The van der Waals surface area contributed by atoms with Crippen LogP contribution in [0.5, 0.6) is 5.75 Å². The first-order valence-electron chi connectivity index (χ1n) is 10.7. The van der Waals surface area contributed by atoms with Crippen molar-refractivity contribution >= 4 is 28.8 Å². The second kappa shape index (κ2) is 9.06. The summed E-state index contributed by atoms with van der Waals surface area (Å²) in [5, 5.41) is 0. The van der Waals surface area contributed by atoms with E-state index in [4.69, 9.17) is 21.1 Å². The number of benzene rings is 1. The molecule has 2 aromatic rings. The number of methoxy groups -OCH3 is 1.